The van der Waals surface area contributed by atoms with Crippen LogP contribution in [0.2, 0.25) is 0 Å². The van der Waals surface area contributed by atoms with Crippen LogP contribution < -0.4 is 14.8 Å². The summed E-state index contributed by atoms with van der Waals surface area (Å²) in [5, 5.41) is 12.5. The SMILES string of the molecule is OCCNCP1(=[Se])COc2ccccc2C=Nc2ccccc2N=Cc2ccccc2OC1. The van der Waals surface area contributed by atoms with Crippen molar-refractivity contribution >= 4 is 44.4 Å². The van der Waals surface area contributed by atoms with Gasteiger partial charge >= 0.3 is 202 Å². The maximum absolute atomic E-state index is 9.20. The first kappa shape index (κ1) is 23.6. The van der Waals surface area contributed by atoms with Gasteiger partial charge in [0.25, 0.3) is 0 Å². The molecule has 0 bridgehead atoms. The molecule has 0 unspecified atom stereocenters. The van der Waals surface area contributed by atoms with E-state index in [2.05, 4.69) is 20.4 Å². The van der Waals surface area contributed by atoms with E-state index in [9.17, 15) is 5.11 Å². The Morgan fingerprint density at radius 1 is 0.788 bits per heavy atom. The van der Waals surface area contributed by atoms with Gasteiger partial charge in [-0.15, -0.1) is 0 Å². The van der Waals surface area contributed by atoms with Crippen molar-refractivity contribution in [3.05, 3.63) is 83.9 Å². The van der Waals surface area contributed by atoms with Gasteiger partial charge in [-0.05, 0) is 0 Å². The summed E-state index contributed by atoms with van der Waals surface area (Å²) in [4.78, 5) is 9.41. The first-order valence-electron chi connectivity index (χ1n) is 10.7. The van der Waals surface area contributed by atoms with Crippen LogP contribution in [-0.4, -0.2) is 64.8 Å². The Bertz CT molecular complexity index is 1110. The fraction of sp³-hybridized carbons (Fsp3) is 0.200. The fourth-order valence-corrected chi connectivity index (χ4v) is 6.07. The van der Waals surface area contributed by atoms with Gasteiger partial charge in [0.15, 0.2) is 0 Å². The predicted octanol–water partition coefficient (Wildman–Crippen LogP) is 4.51. The van der Waals surface area contributed by atoms with Crippen molar-refractivity contribution in [1.82, 2.24) is 5.32 Å². The van der Waals surface area contributed by atoms with Gasteiger partial charge in [-0.25, -0.2) is 0 Å². The molecule has 0 atom stereocenters. The van der Waals surface area contributed by atoms with Crippen LogP contribution in [0.5, 0.6) is 11.5 Å². The zero-order valence-electron chi connectivity index (χ0n) is 18.1. The molecule has 0 saturated carbocycles. The third-order valence-corrected chi connectivity index (χ3v) is 9.14. The van der Waals surface area contributed by atoms with Crippen LogP contribution in [0.3, 0.4) is 0 Å². The Hall–Kier alpha value is -2.53. The normalized spacial score (nSPS) is 18.0. The first-order chi connectivity index (χ1) is 16.2. The minimum absolute atomic E-state index is 0.0842. The van der Waals surface area contributed by atoms with Gasteiger partial charge < -0.3 is 0 Å². The molecule has 4 rings (SSSR count). The Labute approximate surface area is 201 Å². The third kappa shape index (κ3) is 6.50. The molecule has 8 heteroatoms. The summed E-state index contributed by atoms with van der Waals surface area (Å²) >= 11 is 3.37. The van der Waals surface area contributed by atoms with Crippen LogP contribution in [0, 0.1) is 0 Å². The molecule has 1 aliphatic heterocycles. The van der Waals surface area contributed by atoms with Crippen molar-refractivity contribution in [2.45, 2.75) is 0 Å². The fourth-order valence-electron chi connectivity index (χ4n) is 3.26. The maximum atomic E-state index is 9.20. The van der Waals surface area contributed by atoms with Gasteiger partial charge in [-0.3, -0.25) is 0 Å². The second kappa shape index (κ2) is 11.6. The number of hydrogen-bond donors (Lipinski definition) is 2. The zero-order valence-corrected chi connectivity index (χ0v) is 20.7. The molecule has 0 saturated heterocycles. The molecular weight excluding hydrogens is 500 g/mol. The van der Waals surface area contributed by atoms with E-state index in [0.29, 0.717) is 25.5 Å². The number of aliphatic imine (C=N–C) groups is 2. The number of rotatable bonds is 4. The molecule has 1 aliphatic rings. The average Bonchev–Trinajstić information content (AvgIpc) is 2.85. The summed E-state index contributed by atoms with van der Waals surface area (Å²) in [5.41, 5.74) is 1.50. The van der Waals surface area contributed by atoms with Crippen molar-refractivity contribution < 1.29 is 14.6 Å². The van der Waals surface area contributed by atoms with Crippen LogP contribution in [0.15, 0.2) is 82.8 Å². The summed E-state index contributed by atoms with van der Waals surface area (Å²) in [5.74, 6) is 1.53. The minimum atomic E-state index is -1.83. The number of benzene rings is 3. The summed E-state index contributed by atoms with van der Waals surface area (Å²) < 4.78 is 12.6. The van der Waals surface area contributed by atoms with Crippen LogP contribution >= 0.6 is 5.51 Å². The summed E-state index contributed by atoms with van der Waals surface area (Å²) in [6.45, 7) is 0.606. The Morgan fingerprint density at radius 2 is 1.27 bits per heavy atom. The van der Waals surface area contributed by atoms with Gasteiger partial charge in [0, 0.05) is 0 Å². The molecule has 6 nitrogen and oxygen atoms in total. The van der Waals surface area contributed by atoms with E-state index in [4.69, 9.17) is 19.5 Å². The van der Waals surface area contributed by atoms with E-state index < -0.39 is 5.51 Å². The Balaban J connectivity index is 1.74. The predicted molar refractivity (Wildman–Crippen MR) is 137 cm³/mol. The number of ether oxygens (including phenoxy) is 2. The summed E-state index contributed by atoms with van der Waals surface area (Å²) in [6, 6.07) is 23.5. The number of aliphatic hydroxyl groups excluding tert-OH is 1. The quantitative estimate of drug-likeness (QED) is 0.298. The summed E-state index contributed by atoms with van der Waals surface area (Å²) in [6.07, 6.45) is 5.30. The number of para-hydroxylation sites is 4. The van der Waals surface area contributed by atoms with Crippen molar-refractivity contribution in [2.75, 3.05) is 32.1 Å². The number of aliphatic hydroxyl groups is 1. The molecule has 0 fully saturated rings. The second-order valence-electron chi connectivity index (χ2n) is 7.57. The molecule has 2 N–H and O–H groups in total. The molecule has 0 amide bonds. The monoisotopic (exact) mass is 527 g/mol. The molecule has 3 aromatic carbocycles. The average molecular weight is 526 g/mol. The number of nitrogens with zero attached hydrogens (tertiary/aromatic N) is 2. The third-order valence-electron chi connectivity index (χ3n) is 5.00. The van der Waals surface area contributed by atoms with Crippen LogP contribution in [0.25, 0.3) is 0 Å². The van der Waals surface area contributed by atoms with Crippen LogP contribution in [0.1, 0.15) is 11.1 Å². The van der Waals surface area contributed by atoms with Gasteiger partial charge in [0.05, 0.1) is 0 Å². The van der Waals surface area contributed by atoms with Gasteiger partial charge in [0.2, 0.25) is 0 Å². The van der Waals surface area contributed by atoms with E-state index in [0.717, 1.165) is 34.0 Å². The molecule has 33 heavy (non-hydrogen) atoms. The van der Waals surface area contributed by atoms with E-state index in [1.165, 1.54) is 0 Å². The molecule has 1 heterocycles. The van der Waals surface area contributed by atoms with E-state index in [1.54, 1.807) is 0 Å². The standard InChI is InChI=1S/C25H26N3O3PSe/c29-14-13-26-17-32(33)18-30-24-11-5-1-7-20(24)15-27-22-9-3-4-10-23(22)28-16-21-8-2-6-12-25(21)31-19-32/h1-12,15-16,26,29H,13-14,17-19H2. The van der Waals surface area contributed by atoms with E-state index in [-0.39, 0.29) is 6.61 Å². The van der Waals surface area contributed by atoms with Crippen molar-refractivity contribution in [3.63, 3.8) is 0 Å². The van der Waals surface area contributed by atoms with Crippen molar-refractivity contribution in [3.8, 4) is 11.5 Å². The summed E-state index contributed by atoms with van der Waals surface area (Å²) in [7, 11) is 0. The van der Waals surface area contributed by atoms with Crippen LogP contribution in [-0.2, 0) is 0 Å². The van der Waals surface area contributed by atoms with Gasteiger partial charge in [-0.1, -0.05) is 0 Å². The molecule has 0 radical (unpaired) electrons. The molecular formula is C25H26N3O3PSe. The van der Waals surface area contributed by atoms with Crippen molar-refractivity contribution in [2.24, 2.45) is 9.98 Å². The van der Waals surface area contributed by atoms with Gasteiger partial charge in [-0.2, -0.15) is 0 Å². The molecule has 0 aliphatic carbocycles. The number of fused-ring (bicyclic) bond motifs is 3. The van der Waals surface area contributed by atoms with Gasteiger partial charge in [0.1, 0.15) is 0 Å². The van der Waals surface area contributed by atoms with E-state index >= 15 is 0 Å². The molecule has 170 valence electrons. The Morgan fingerprint density at radius 3 is 1.79 bits per heavy atom. The first-order valence-corrected chi connectivity index (χ1v) is 15.2. The molecule has 0 spiro atoms. The number of hydrogen-bond acceptors (Lipinski definition) is 6. The molecule has 3 aromatic rings. The van der Waals surface area contributed by atoms with E-state index in [1.807, 2.05) is 85.2 Å². The number of nitrogens with one attached hydrogen (secondary N) is 1. The topological polar surface area (TPSA) is 75.4 Å². The van der Waals surface area contributed by atoms with Crippen LogP contribution in [0.4, 0.5) is 11.4 Å². The second-order valence-corrected chi connectivity index (χ2v) is 15.4. The molecule has 0 aromatic heterocycles. The van der Waals surface area contributed by atoms with Crippen molar-refractivity contribution in [1.29, 1.82) is 0 Å². The Kier molecular flexibility index (Phi) is 8.27. The zero-order chi connectivity index (χ0) is 22.9.